The van der Waals surface area contributed by atoms with Gasteiger partial charge in [0.25, 0.3) is 0 Å². The smallest absolute Gasteiger partial charge is 0.325 e. The molecule has 7 heteroatoms. The Bertz CT molecular complexity index is 943. The fourth-order valence-electron chi connectivity index (χ4n) is 3.35. The molecule has 26 heavy (non-hydrogen) atoms. The van der Waals surface area contributed by atoms with Gasteiger partial charge in [-0.25, -0.2) is 0 Å². The molecule has 136 valence electrons. The number of piperazine rings is 1. The van der Waals surface area contributed by atoms with Gasteiger partial charge in [-0.2, -0.15) is 9.97 Å². The maximum atomic E-state index is 6.01. The Morgan fingerprint density at radius 3 is 2.62 bits per heavy atom. The van der Waals surface area contributed by atoms with Gasteiger partial charge in [-0.3, -0.25) is 0 Å². The van der Waals surface area contributed by atoms with Crippen LogP contribution in [0.15, 0.2) is 24.3 Å². The third kappa shape index (κ3) is 3.17. The maximum absolute atomic E-state index is 6.01. The standard InChI is InChI=1S/C19H24N6O/c1-12-10-14-13(2)16(5-4-15(14)21-12)26-19-22-17(20)11-18(23-19)25-8-6-24(3)7-9-25/h4-5,10-11,21H,6-9H2,1-3H3,(H2,20,22,23). The van der Waals surface area contributed by atoms with Crippen LogP contribution in [-0.2, 0) is 0 Å². The van der Waals surface area contributed by atoms with Gasteiger partial charge in [-0.15, -0.1) is 0 Å². The molecule has 3 N–H and O–H groups in total. The van der Waals surface area contributed by atoms with Gasteiger partial charge >= 0.3 is 6.01 Å². The Morgan fingerprint density at radius 2 is 1.85 bits per heavy atom. The fraction of sp³-hybridized carbons (Fsp3) is 0.368. The first-order chi connectivity index (χ1) is 12.5. The predicted molar refractivity (Wildman–Crippen MR) is 104 cm³/mol. The first kappa shape index (κ1) is 16.7. The average Bonchev–Trinajstić information content (AvgIpc) is 2.99. The largest absolute Gasteiger partial charge is 0.424 e. The van der Waals surface area contributed by atoms with E-state index in [0.29, 0.717) is 5.82 Å². The Labute approximate surface area is 152 Å². The number of nitrogens with one attached hydrogen (secondary N) is 1. The number of rotatable bonds is 3. The summed E-state index contributed by atoms with van der Waals surface area (Å²) in [6.45, 7) is 7.92. The number of anilines is 2. The van der Waals surface area contributed by atoms with Gasteiger partial charge in [0.1, 0.15) is 17.4 Å². The van der Waals surface area contributed by atoms with Crippen molar-refractivity contribution in [3.05, 3.63) is 35.5 Å². The summed E-state index contributed by atoms with van der Waals surface area (Å²) < 4.78 is 6.01. The first-order valence-corrected chi connectivity index (χ1v) is 8.84. The van der Waals surface area contributed by atoms with Crippen LogP contribution in [0.3, 0.4) is 0 Å². The molecule has 1 aliphatic heterocycles. The number of nitrogens with two attached hydrogens (primary N) is 1. The molecule has 1 saturated heterocycles. The van der Waals surface area contributed by atoms with Gasteiger partial charge in [0.2, 0.25) is 0 Å². The first-order valence-electron chi connectivity index (χ1n) is 8.84. The zero-order valence-electron chi connectivity index (χ0n) is 15.4. The monoisotopic (exact) mass is 352 g/mol. The Hall–Kier alpha value is -2.80. The van der Waals surface area contributed by atoms with Crippen LogP contribution in [0.2, 0.25) is 0 Å². The molecule has 0 unspecified atom stereocenters. The SMILES string of the molecule is Cc1cc2c(C)c(Oc3nc(N)cc(N4CCN(C)CC4)n3)ccc2[nH]1. The van der Waals surface area contributed by atoms with Gasteiger partial charge in [-0.05, 0) is 39.1 Å². The molecule has 1 aliphatic rings. The molecule has 0 saturated carbocycles. The van der Waals surface area contributed by atoms with Crippen molar-refractivity contribution in [2.45, 2.75) is 13.8 Å². The van der Waals surface area contributed by atoms with Crippen molar-refractivity contribution < 1.29 is 4.74 Å². The predicted octanol–water partition coefficient (Wildman–Crippen LogP) is 2.70. The van der Waals surface area contributed by atoms with Crippen molar-refractivity contribution in [3.8, 4) is 11.8 Å². The lowest BCUT2D eigenvalue weighted by atomic mass is 10.1. The molecule has 1 fully saturated rings. The van der Waals surface area contributed by atoms with E-state index in [0.717, 1.165) is 59.9 Å². The van der Waals surface area contributed by atoms with Crippen molar-refractivity contribution >= 4 is 22.5 Å². The van der Waals surface area contributed by atoms with Crippen LogP contribution in [0, 0.1) is 13.8 Å². The molecule has 0 amide bonds. The molecule has 3 aromatic rings. The summed E-state index contributed by atoms with van der Waals surface area (Å²) in [5.41, 5.74) is 9.28. The Morgan fingerprint density at radius 1 is 1.08 bits per heavy atom. The highest BCUT2D eigenvalue weighted by Gasteiger charge is 2.18. The molecule has 0 radical (unpaired) electrons. The molecule has 2 aromatic heterocycles. The average molecular weight is 352 g/mol. The molecule has 0 bridgehead atoms. The summed E-state index contributed by atoms with van der Waals surface area (Å²) >= 11 is 0. The lowest BCUT2D eigenvalue weighted by Crippen LogP contribution is -2.44. The zero-order chi connectivity index (χ0) is 18.3. The van der Waals surface area contributed by atoms with E-state index in [1.807, 2.05) is 32.0 Å². The van der Waals surface area contributed by atoms with E-state index < -0.39 is 0 Å². The summed E-state index contributed by atoms with van der Waals surface area (Å²) in [6.07, 6.45) is 0. The number of fused-ring (bicyclic) bond motifs is 1. The van der Waals surface area contributed by atoms with Crippen molar-refractivity contribution in [2.75, 3.05) is 43.9 Å². The molecule has 4 rings (SSSR count). The highest BCUT2D eigenvalue weighted by molar-refractivity contribution is 5.86. The highest BCUT2D eigenvalue weighted by atomic mass is 16.5. The van der Waals surface area contributed by atoms with E-state index in [4.69, 9.17) is 10.5 Å². The van der Waals surface area contributed by atoms with E-state index in [9.17, 15) is 0 Å². The van der Waals surface area contributed by atoms with Crippen LogP contribution >= 0.6 is 0 Å². The molecule has 0 atom stereocenters. The van der Waals surface area contributed by atoms with Crippen LogP contribution in [0.4, 0.5) is 11.6 Å². The lowest BCUT2D eigenvalue weighted by molar-refractivity contribution is 0.311. The van der Waals surface area contributed by atoms with E-state index in [1.54, 1.807) is 0 Å². The number of hydrogen-bond donors (Lipinski definition) is 2. The Balaban J connectivity index is 1.63. The number of likely N-dealkylation sites (N-methyl/N-ethyl adjacent to an activating group) is 1. The molecular weight excluding hydrogens is 328 g/mol. The number of hydrogen-bond acceptors (Lipinski definition) is 6. The topological polar surface area (TPSA) is 83.3 Å². The number of ether oxygens (including phenoxy) is 1. The lowest BCUT2D eigenvalue weighted by Gasteiger charge is -2.33. The van der Waals surface area contributed by atoms with Gasteiger partial charge in [0.15, 0.2) is 0 Å². The quantitative estimate of drug-likeness (QED) is 0.754. The van der Waals surface area contributed by atoms with Crippen LogP contribution in [0.5, 0.6) is 11.8 Å². The molecule has 0 spiro atoms. The third-order valence-electron chi connectivity index (χ3n) is 4.90. The summed E-state index contributed by atoms with van der Waals surface area (Å²) in [4.78, 5) is 16.7. The summed E-state index contributed by atoms with van der Waals surface area (Å²) in [7, 11) is 2.13. The minimum absolute atomic E-state index is 0.286. The van der Waals surface area contributed by atoms with Crippen LogP contribution in [0.1, 0.15) is 11.3 Å². The molecule has 0 aliphatic carbocycles. The van der Waals surface area contributed by atoms with Gasteiger partial charge in [0.05, 0.1) is 0 Å². The van der Waals surface area contributed by atoms with Crippen molar-refractivity contribution in [2.24, 2.45) is 0 Å². The minimum Gasteiger partial charge on any atom is -0.424 e. The van der Waals surface area contributed by atoms with Crippen LogP contribution in [-0.4, -0.2) is 53.1 Å². The number of H-pyrrole nitrogens is 1. The van der Waals surface area contributed by atoms with E-state index in [1.165, 1.54) is 0 Å². The molecule has 1 aromatic carbocycles. The summed E-state index contributed by atoms with van der Waals surface area (Å²) in [6, 6.07) is 8.17. The second kappa shape index (κ2) is 6.49. The second-order valence-corrected chi connectivity index (χ2v) is 6.93. The third-order valence-corrected chi connectivity index (χ3v) is 4.90. The van der Waals surface area contributed by atoms with Crippen molar-refractivity contribution in [3.63, 3.8) is 0 Å². The van der Waals surface area contributed by atoms with Crippen molar-refractivity contribution in [1.29, 1.82) is 0 Å². The molecule has 3 heterocycles. The number of nitrogens with zero attached hydrogens (tertiary/aromatic N) is 4. The normalized spacial score (nSPS) is 15.6. The van der Waals surface area contributed by atoms with Crippen molar-refractivity contribution in [1.82, 2.24) is 19.9 Å². The number of aromatic amines is 1. The number of aromatic nitrogens is 3. The van der Waals surface area contributed by atoms with Crippen LogP contribution < -0.4 is 15.4 Å². The van der Waals surface area contributed by atoms with Gasteiger partial charge in [0, 0.05) is 54.4 Å². The van der Waals surface area contributed by atoms with Gasteiger partial charge in [-0.1, -0.05) is 0 Å². The molecule has 7 nitrogen and oxygen atoms in total. The molecular formula is C19H24N6O. The summed E-state index contributed by atoms with van der Waals surface area (Å²) in [5.74, 6) is 1.98. The van der Waals surface area contributed by atoms with Crippen LogP contribution in [0.25, 0.3) is 10.9 Å². The Kier molecular flexibility index (Phi) is 4.16. The van der Waals surface area contributed by atoms with E-state index in [-0.39, 0.29) is 6.01 Å². The number of benzene rings is 1. The number of nitrogen functional groups attached to an aromatic ring is 1. The zero-order valence-corrected chi connectivity index (χ0v) is 15.4. The van der Waals surface area contributed by atoms with E-state index in [2.05, 4.69) is 37.9 Å². The summed E-state index contributed by atoms with van der Waals surface area (Å²) in [5, 5.41) is 1.14. The number of aryl methyl sites for hydroxylation is 2. The minimum atomic E-state index is 0.286. The van der Waals surface area contributed by atoms with E-state index >= 15 is 0 Å². The second-order valence-electron chi connectivity index (χ2n) is 6.93. The van der Waals surface area contributed by atoms with Gasteiger partial charge < -0.3 is 25.3 Å². The maximum Gasteiger partial charge on any atom is 0.325 e. The highest BCUT2D eigenvalue weighted by Crippen LogP contribution is 2.31. The fourth-order valence-corrected chi connectivity index (χ4v) is 3.35.